The van der Waals surface area contributed by atoms with Crippen molar-refractivity contribution in [2.24, 2.45) is 0 Å². The van der Waals surface area contributed by atoms with Crippen LogP contribution in [-0.2, 0) is 6.42 Å². The molecular weight excluding hydrogens is 341 g/mol. The van der Waals surface area contributed by atoms with Gasteiger partial charge in [0, 0.05) is 16.2 Å². The molecule has 0 saturated carbocycles. The number of para-hydroxylation sites is 1. The fourth-order valence-electron chi connectivity index (χ4n) is 1.33. The van der Waals surface area contributed by atoms with E-state index in [-0.39, 0.29) is 5.82 Å². The maximum absolute atomic E-state index is 13.6. The number of rotatable bonds is 3. The Kier molecular flexibility index (Phi) is 3.70. The second-order valence-corrected chi connectivity index (χ2v) is 4.81. The minimum absolute atomic E-state index is 0.329. The van der Waals surface area contributed by atoms with Gasteiger partial charge in [0.15, 0.2) is 0 Å². The summed E-state index contributed by atoms with van der Waals surface area (Å²) in [6.07, 6.45) is 2.50. The van der Waals surface area contributed by atoms with Crippen LogP contribution in [0.25, 0.3) is 5.69 Å². The van der Waals surface area contributed by atoms with E-state index in [1.807, 2.05) is 0 Å². The Balaban J connectivity index is 2.42. The van der Waals surface area contributed by atoms with Gasteiger partial charge in [-0.1, -0.05) is 27.2 Å². The number of alkyl halides is 1. The van der Waals surface area contributed by atoms with E-state index in [2.05, 4.69) is 42.2 Å². The number of hydrogen-bond donors (Lipinski definition) is 0. The van der Waals surface area contributed by atoms with Crippen LogP contribution in [0.3, 0.4) is 0 Å². The zero-order valence-corrected chi connectivity index (χ0v) is 11.4. The lowest BCUT2D eigenvalue weighted by Crippen LogP contribution is -1.99. The Morgan fingerprint density at radius 1 is 1.38 bits per heavy atom. The first-order valence-corrected chi connectivity index (χ1v) is 6.55. The van der Waals surface area contributed by atoms with Gasteiger partial charge in [-0.2, -0.15) is 0 Å². The van der Waals surface area contributed by atoms with Crippen molar-refractivity contribution in [3.63, 3.8) is 0 Å². The largest absolute Gasteiger partial charge is 0.216 e. The average molecular weight is 349 g/mol. The van der Waals surface area contributed by atoms with Crippen LogP contribution in [0.5, 0.6) is 0 Å². The molecule has 1 aromatic heterocycles. The van der Waals surface area contributed by atoms with Gasteiger partial charge in [-0.25, -0.2) is 9.07 Å². The lowest BCUT2D eigenvalue weighted by atomic mass is 10.3. The summed E-state index contributed by atoms with van der Waals surface area (Å²) in [6.45, 7) is 0. The van der Waals surface area contributed by atoms with Gasteiger partial charge in [0.05, 0.1) is 11.9 Å². The lowest BCUT2D eigenvalue weighted by molar-refractivity contribution is 0.605. The summed E-state index contributed by atoms with van der Waals surface area (Å²) in [5.41, 5.74) is 1.21. The Labute approximate surface area is 109 Å². The molecule has 1 aromatic carbocycles. The number of benzene rings is 1. The SMILES string of the molecule is Fc1cccc(Br)c1-n1cc(CCBr)nn1. The zero-order chi connectivity index (χ0) is 11.5. The smallest absolute Gasteiger partial charge is 0.150 e. The highest BCUT2D eigenvalue weighted by atomic mass is 79.9. The number of aryl methyl sites for hydroxylation is 1. The van der Waals surface area contributed by atoms with Crippen molar-refractivity contribution in [1.82, 2.24) is 15.0 Å². The molecule has 16 heavy (non-hydrogen) atoms. The normalized spacial score (nSPS) is 10.7. The van der Waals surface area contributed by atoms with Gasteiger partial charge in [0.25, 0.3) is 0 Å². The highest BCUT2D eigenvalue weighted by molar-refractivity contribution is 9.10. The summed E-state index contributed by atoms with van der Waals surface area (Å²) in [7, 11) is 0. The number of nitrogens with zero attached hydrogens (tertiary/aromatic N) is 3. The molecule has 1 heterocycles. The van der Waals surface area contributed by atoms with Gasteiger partial charge in [0.1, 0.15) is 11.5 Å². The van der Waals surface area contributed by atoms with Crippen LogP contribution < -0.4 is 0 Å². The second kappa shape index (κ2) is 5.05. The van der Waals surface area contributed by atoms with Crippen LogP contribution in [0.4, 0.5) is 4.39 Å². The molecule has 0 aliphatic carbocycles. The first kappa shape index (κ1) is 11.7. The number of aromatic nitrogens is 3. The predicted molar refractivity (Wildman–Crippen MR) is 66.5 cm³/mol. The van der Waals surface area contributed by atoms with Crippen molar-refractivity contribution in [2.75, 3.05) is 5.33 Å². The van der Waals surface area contributed by atoms with E-state index in [1.165, 1.54) is 10.7 Å². The molecule has 0 bridgehead atoms. The zero-order valence-electron chi connectivity index (χ0n) is 8.20. The first-order valence-electron chi connectivity index (χ1n) is 4.64. The van der Waals surface area contributed by atoms with Crippen molar-refractivity contribution in [3.8, 4) is 5.69 Å². The van der Waals surface area contributed by atoms with Crippen LogP contribution in [0.15, 0.2) is 28.9 Å². The van der Waals surface area contributed by atoms with Crippen LogP contribution in [0.2, 0.25) is 0 Å². The molecule has 0 aliphatic rings. The molecule has 2 rings (SSSR count). The summed E-state index contributed by atoms with van der Waals surface area (Å²) >= 11 is 6.61. The summed E-state index contributed by atoms with van der Waals surface area (Å²) < 4.78 is 15.7. The first-order chi connectivity index (χ1) is 7.72. The van der Waals surface area contributed by atoms with E-state index in [4.69, 9.17) is 0 Å². The van der Waals surface area contributed by atoms with Gasteiger partial charge in [-0.15, -0.1) is 5.10 Å². The average Bonchev–Trinajstić information content (AvgIpc) is 2.67. The minimum Gasteiger partial charge on any atom is -0.216 e. The second-order valence-electron chi connectivity index (χ2n) is 3.16. The van der Waals surface area contributed by atoms with E-state index >= 15 is 0 Å². The van der Waals surface area contributed by atoms with Crippen LogP contribution >= 0.6 is 31.9 Å². The van der Waals surface area contributed by atoms with Crippen molar-refractivity contribution in [2.45, 2.75) is 6.42 Å². The lowest BCUT2D eigenvalue weighted by Gasteiger charge is -2.03. The highest BCUT2D eigenvalue weighted by Gasteiger charge is 2.10. The van der Waals surface area contributed by atoms with Crippen molar-refractivity contribution >= 4 is 31.9 Å². The monoisotopic (exact) mass is 347 g/mol. The fourth-order valence-corrected chi connectivity index (χ4v) is 2.26. The summed E-state index contributed by atoms with van der Waals surface area (Å²) in [4.78, 5) is 0. The highest BCUT2D eigenvalue weighted by Crippen LogP contribution is 2.23. The third kappa shape index (κ3) is 2.32. The Morgan fingerprint density at radius 3 is 2.88 bits per heavy atom. The van der Waals surface area contributed by atoms with E-state index in [1.54, 1.807) is 18.3 Å². The topological polar surface area (TPSA) is 30.7 Å². The number of hydrogen-bond acceptors (Lipinski definition) is 2. The predicted octanol–water partition coefficient (Wildman–Crippen LogP) is 3.11. The van der Waals surface area contributed by atoms with E-state index < -0.39 is 0 Å². The molecule has 0 fully saturated rings. The standard InChI is InChI=1S/C10H8Br2FN3/c11-5-4-7-6-16(15-14-7)10-8(12)2-1-3-9(10)13/h1-3,6H,4-5H2. The summed E-state index contributed by atoms with van der Waals surface area (Å²) in [5, 5.41) is 8.67. The molecule has 0 radical (unpaired) electrons. The van der Waals surface area contributed by atoms with Gasteiger partial charge < -0.3 is 0 Å². The van der Waals surface area contributed by atoms with Gasteiger partial charge >= 0.3 is 0 Å². The Morgan fingerprint density at radius 2 is 2.19 bits per heavy atom. The molecule has 3 nitrogen and oxygen atoms in total. The van der Waals surface area contributed by atoms with Gasteiger partial charge in [0.2, 0.25) is 0 Å². The van der Waals surface area contributed by atoms with Crippen LogP contribution in [0, 0.1) is 5.82 Å². The molecule has 0 aliphatic heterocycles. The Hall–Kier alpha value is -0.750. The molecule has 0 unspecified atom stereocenters. The molecule has 0 spiro atoms. The third-order valence-corrected chi connectivity index (χ3v) is 3.09. The quantitative estimate of drug-likeness (QED) is 0.798. The maximum atomic E-state index is 13.6. The van der Waals surface area contributed by atoms with Gasteiger partial charge in [-0.3, -0.25) is 0 Å². The number of halogens is 3. The molecule has 2 aromatic rings. The Bertz CT molecular complexity index is 478. The minimum atomic E-state index is -0.329. The molecular formula is C10H8Br2FN3. The van der Waals surface area contributed by atoms with Gasteiger partial charge in [-0.05, 0) is 28.1 Å². The fraction of sp³-hybridized carbons (Fsp3) is 0.200. The molecule has 0 atom stereocenters. The van der Waals surface area contributed by atoms with Crippen molar-refractivity contribution < 1.29 is 4.39 Å². The van der Waals surface area contributed by atoms with Crippen LogP contribution in [-0.4, -0.2) is 20.3 Å². The molecule has 0 amide bonds. The van der Waals surface area contributed by atoms with Crippen LogP contribution in [0.1, 0.15) is 5.69 Å². The van der Waals surface area contributed by atoms with E-state index in [0.717, 1.165) is 17.4 Å². The van der Waals surface area contributed by atoms with E-state index in [9.17, 15) is 4.39 Å². The van der Waals surface area contributed by atoms with Crippen molar-refractivity contribution in [1.29, 1.82) is 0 Å². The van der Waals surface area contributed by atoms with Crippen molar-refractivity contribution in [3.05, 3.63) is 40.4 Å². The molecule has 84 valence electrons. The molecule has 0 saturated heterocycles. The summed E-state index contributed by atoms with van der Waals surface area (Å²) in [6, 6.07) is 4.80. The molecule has 0 N–H and O–H groups in total. The maximum Gasteiger partial charge on any atom is 0.150 e. The summed E-state index contributed by atoms with van der Waals surface area (Å²) in [5.74, 6) is -0.329. The van der Waals surface area contributed by atoms with E-state index in [0.29, 0.717) is 10.2 Å². The third-order valence-electron chi connectivity index (χ3n) is 2.06. The molecule has 6 heteroatoms.